The highest BCUT2D eigenvalue weighted by molar-refractivity contribution is 5.71. The smallest absolute Gasteiger partial charge is 0.306 e. The van der Waals surface area contributed by atoms with Crippen LogP contribution in [0, 0.1) is 0 Å². The van der Waals surface area contributed by atoms with Gasteiger partial charge in [-0.1, -0.05) is 201 Å². The van der Waals surface area contributed by atoms with Crippen LogP contribution in [0.5, 0.6) is 0 Å². The van der Waals surface area contributed by atoms with Gasteiger partial charge in [-0.05, 0) is 83.5 Å². The molecule has 0 aliphatic rings. The van der Waals surface area contributed by atoms with Crippen molar-refractivity contribution in [2.75, 3.05) is 13.2 Å². The van der Waals surface area contributed by atoms with Crippen LogP contribution in [0.1, 0.15) is 207 Å². The Morgan fingerprint density at radius 2 is 0.683 bits per heavy atom. The molecule has 0 spiro atoms. The molecule has 0 bridgehead atoms. The van der Waals surface area contributed by atoms with Gasteiger partial charge in [0.1, 0.15) is 13.2 Å². The number of allylic oxidation sites excluding steroid dienone is 16. The minimum absolute atomic E-state index is 0.114. The van der Waals surface area contributed by atoms with Gasteiger partial charge in [0.25, 0.3) is 0 Å². The molecule has 1 atom stereocenters. The van der Waals surface area contributed by atoms with Crippen LogP contribution in [0.3, 0.4) is 0 Å². The Kier molecular flexibility index (Phi) is 45.1. The van der Waals surface area contributed by atoms with Gasteiger partial charge in [0.15, 0.2) is 6.10 Å². The fourth-order valence-corrected chi connectivity index (χ4v) is 6.27. The normalized spacial score (nSPS) is 12.9. The molecule has 0 heterocycles. The highest BCUT2D eigenvalue weighted by Crippen LogP contribution is 2.13. The SMILES string of the molecule is CC/C=C\C/C=C\C/C=C\C/C=C\CCCCCCC(=O)OCC(COC(=O)CCCCCCCCCCCCCC)OC(=O)CC/C=C\C/C=C\C/C=C\C/C=C\CC. The van der Waals surface area contributed by atoms with Crippen LogP contribution in [-0.4, -0.2) is 37.2 Å². The van der Waals surface area contributed by atoms with Gasteiger partial charge in [0, 0.05) is 19.3 Å². The van der Waals surface area contributed by atoms with Crippen molar-refractivity contribution >= 4 is 17.9 Å². The third-order valence-corrected chi connectivity index (χ3v) is 9.85. The molecule has 1 unspecified atom stereocenters. The minimum atomic E-state index is -0.823. The molecule has 340 valence electrons. The topological polar surface area (TPSA) is 78.9 Å². The Morgan fingerprint density at radius 3 is 1.08 bits per heavy atom. The second-order valence-electron chi connectivity index (χ2n) is 15.6. The lowest BCUT2D eigenvalue weighted by Crippen LogP contribution is -2.30. The van der Waals surface area contributed by atoms with E-state index in [1.54, 1.807) is 0 Å². The average molecular weight is 833 g/mol. The molecule has 0 aromatic carbocycles. The van der Waals surface area contributed by atoms with E-state index in [1.807, 2.05) is 12.2 Å². The molecule has 0 aromatic heterocycles. The van der Waals surface area contributed by atoms with Gasteiger partial charge in [-0.2, -0.15) is 0 Å². The molecule has 0 saturated carbocycles. The lowest BCUT2D eigenvalue weighted by Gasteiger charge is -2.18. The number of ether oxygens (including phenoxy) is 3. The van der Waals surface area contributed by atoms with E-state index in [-0.39, 0.29) is 31.6 Å². The van der Waals surface area contributed by atoms with E-state index in [4.69, 9.17) is 14.2 Å². The van der Waals surface area contributed by atoms with Gasteiger partial charge >= 0.3 is 17.9 Å². The Labute approximate surface area is 368 Å². The van der Waals surface area contributed by atoms with Crippen LogP contribution in [0.25, 0.3) is 0 Å². The Bertz CT molecular complexity index is 1230. The first-order chi connectivity index (χ1) is 29.5. The van der Waals surface area contributed by atoms with Crippen LogP contribution in [-0.2, 0) is 28.6 Å². The summed E-state index contributed by atoms with van der Waals surface area (Å²) in [6.45, 7) is 6.30. The zero-order valence-electron chi connectivity index (χ0n) is 38.7. The Morgan fingerprint density at radius 1 is 0.350 bits per heavy atom. The van der Waals surface area contributed by atoms with Crippen LogP contribution >= 0.6 is 0 Å². The highest BCUT2D eigenvalue weighted by Gasteiger charge is 2.19. The summed E-state index contributed by atoms with van der Waals surface area (Å²) in [6.07, 6.45) is 62.6. The van der Waals surface area contributed by atoms with Crippen molar-refractivity contribution in [2.45, 2.75) is 213 Å². The van der Waals surface area contributed by atoms with Crippen LogP contribution in [0.15, 0.2) is 97.2 Å². The van der Waals surface area contributed by atoms with E-state index >= 15 is 0 Å². The van der Waals surface area contributed by atoms with Crippen molar-refractivity contribution in [3.05, 3.63) is 97.2 Å². The predicted molar refractivity (Wildman–Crippen MR) is 256 cm³/mol. The third kappa shape index (κ3) is 45.4. The van der Waals surface area contributed by atoms with Gasteiger partial charge in [-0.25, -0.2) is 0 Å². The summed E-state index contributed by atoms with van der Waals surface area (Å²) < 4.78 is 16.7. The molecule has 0 aliphatic heterocycles. The highest BCUT2D eigenvalue weighted by atomic mass is 16.6. The van der Waals surface area contributed by atoms with E-state index in [0.717, 1.165) is 103 Å². The molecule has 0 aliphatic carbocycles. The van der Waals surface area contributed by atoms with E-state index in [1.165, 1.54) is 57.8 Å². The summed E-state index contributed by atoms with van der Waals surface area (Å²) in [7, 11) is 0. The molecule has 6 heteroatoms. The fourth-order valence-electron chi connectivity index (χ4n) is 6.27. The van der Waals surface area contributed by atoms with E-state index in [0.29, 0.717) is 19.3 Å². The molecule has 60 heavy (non-hydrogen) atoms. The standard InChI is InChI=1S/C54H88O6/c1-4-7-10-13-16-19-22-25-26-27-28-30-32-35-38-41-44-47-53(56)59-50-51(49-58-52(55)46-43-40-37-34-31-24-21-18-15-12-9-6-3)60-54(57)48-45-42-39-36-33-29-23-20-17-14-11-8-5-2/h7-8,10-11,16-17,19-20,25-26,28-30,33,39,42,51H,4-6,9,12-15,18,21-24,27,31-32,34-38,40-41,43-50H2,1-3H3/b10-7-,11-8-,19-16-,20-17-,26-25-,30-28-,33-29-,42-39-. The average Bonchev–Trinajstić information content (AvgIpc) is 3.24. The molecule has 0 rings (SSSR count). The molecular weight excluding hydrogens is 745 g/mol. The first-order valence-electron chi connectivity index (χ1n) is 24.2. The Balaban J connectivity index is 4.51. The summed E-state index contributed by atoms with van der Waals surface area (Å²) in [6, 6.07) is 0. The first kappa shape index (κ1) is 56.3. The fraction of sp³-hybridized carbons (Fsp3) is 0.648. The van der Waals surface area contributed by atoms with Gasteiger partial charge in [-0.15, -0.1) is 0 Å². The number of carbonyl (C=O) groups excluding carboxylic acids is 3. The quantitative estimate of drug-likeness (QED) is 0.0264. The lowest BCUT2D eigenvalue weighted by atomic mass is 10.0. The lowest BCUT2D eigenvalue weighted by molar-refractivity contribution is -0.166. The zero-order valence-corrected chi connectivity index (χ0v) is 38.7. The monoisotopic (exact) mass is 833 g/mol. The summed E-state index contributed by atoms with van der Waals surface area (Å²) in [4.78, 5) is 37.8. The molecule has 0 radical (unpaired) electrons. The van der Waals surface area contributed by atoms with Crippen molar-refractivity contribution in [2.24, 2.45) is 0 Å². The number of unbranched alkanes of at least 4 members (excludes halogenated alkanes) is 15. The van der Waals surface area contributed by atoms with Gasteiger partial charge in [-0.3, -0.25) is 14.4 Å². The number of hydrogen-bond acceptors (Lipinski definition) is 6. The molecular formula is C54H88O6. The molecule has 0 fully saturated rings. The molecule has 0 amide bonds. The van der Waals surface area contributed by atoms with Crippen molar-refractivity contribution < 1.29 is 28.6 Å². The third-order valence-electron chi connectivity index (χ3n) is 9.85. The summed E-state index contributed by atoms with van der Waals surface area (Å²) in [5.41, 5.74) is 0. The number of carbonyl (C=O) groups is 3. The minimum Gasteiger partial charge on any atom is -0.462 e. The maximum absolute atomic E-state index is 12.7. The molecule has 0 aromatic rings. The number of hydrogen-bond donors (Lipinski definition) is 0. The number of rotatable bonds is 42. The van der Waals surface area contributed by atoms with Crippen LogP contribution < -0.4 is 0 Å². The van der Waals surface area contributed by atoms with Gasteiger partial charge in [0.2, 0.25) is 0 Å². The largest absolute Gasteiger partial charge is 0.462 e. The summed E-state index contributed by atoms with van der Waals surface area (Å²) in [5.74, 6) is -1.03. The van der Waals surface area contributed by atoms with Gasteiger partial charge in [0.05, 0.1) is 0 Å². The van der Waals surface area contributed by atoms with E-state index < -0.39 is 12.1 Å². The van der Waals surface area contributed by atoms with Crippen LogP contribution in [0.2, 0.25) is 0 Å². The second-order valence-corrected chi connectivity index (χ2v) is 15.6. The second kappa shape index (κ2) is 48.0. The van der Waals surface area contributed by atoms with Crippen molar-refractivity contribution in [3.8, 4) is 0 Å². The Hall–Kier alpha value is -3.67. The maximum atomic E-state index is 12.7. The van der Waals surface area contributed by atoms with E-state index in [9.17, 15) is 14.4 Å². The molecule has 6 nitrogen and oxygen atoms in total. The van der Waals surface area contributed by atoms with Crippen molar-refractivity contribution in [1.82, 2.24) is 0 Å². The maximum Gasteiger partial charge on any atom is 0.306 e. The zero-order chi connectivity index (χ0) is 43.7. The molecule has 0 N–H and O–H groups in total. The summed E-state index contributed by atoms with van der Waals surface area (Å²) >= 11 is 0. The van der Waals surface area contributed by atoms with Crippen molar-refractivity contribution in [1.29, 1.82) is 0 Å². The van der Waals surface area contributed by atoms with Crippen molar-refractivity contribution in [3.63, 3.8) is 0 Å². The number of esters is 3. The first-order valence-corrected chi connectivity index (χ1v) is 24.2. The van der Waals surface area contributed by atoms with E-state index in [2.05, 4.69) is 106 Å². The van der Waals surface area contributed by atoms with Crippen LogP contribution in [0.4, 0.5) is 0 Å². The predicted octanol–water partition coefficient (Wildman–Crippen LogP) is 15.8. The summed E-state index contributed by atoms with van der Waals surface area (Å²) in [5, 5.41) is 0. The van der Waals surface area contributed by atoms with Gasteiger partial charge < -0.3 is 14.2 Å². The molecule has 0 saturated heterocycles.